The summed E-state index contributed by atoms with van der Waals surface area (Å²) in [5.41, 5.74) is 2.61. The Kier molecular flexibility index (Phi) is 6.78. The van der Waals surface area contributed by atoms with Crippen LogP contribution in [0, 0.1) is 0 Å². The Morgan fingerprint density at radius 1 is 1.11 bits per heavy atom. The zero-order valence-electron chi connectivity index (χ0n) is 15.7. The zero-order chi connectivity index (χ0) is 19.6. The van der Waals surface area contributed by atoms with Gasteiger partial charge in [-0.1, -0.05) is 18.2 Å². The number of carbonyl (C=O) groups excluding carboxylic acids is 1. The van der Waals surface area contributed by atoms with Gasteiger partial charge in [-0.05, 0) is 48.9 Å². The van der Waals surface area contributed by atoms with E-state index in [1.807, 2.05) is 49.4 Å². The molecule has 0 radical (unpaired) electrons. The van der Waals surface area contributed by atoms with Crippen LogP contribution in [0.1, 0.15) is 28.7 Å². The fourth-order valence-electron chi connectivity index (χ4n) is 2.54. The molecule has 7 heteroatoms. The van der Waals surface area contributed by atoms with Crippen LogP contribution in [-0.4, -0.2) is 23.4 Å². The summed E-state index contributed by atoms with van der Waals surface area (Å²) in [4.78, 5) is 21.0. The molecule has 0 aliphatic rings. The fourth-order valence-corrected chi connectivity index (χ4v) is 2.54. The number of aromatic nitrogens is 1. The molecule has 1 amide bonds. The van der Waals surface area contributed by atoms with E-state index in [0.29, 0.717) is 24.7 Å². The summed E-state index contributed by atoms with van der Waals surface area (Å²) >= 11 is 0. The van der Waals surface area contributed by atoms with E-state index in [1.165, 1.54) is 6.26 Å². The van der Waals surface area contributed by atoms with Crippen LogP contribution in [0.4, 0.5) is 5.69 Å². The molecule has 0 unspecified atom stereocenters. The number of benzene rings is 1. The van der Waals surface area contributed by atoms with Gasteiger partial charge in [0.2, 0.25) is 0 Å². The third-order valence-electron chi connectivity index (χ3n) is 3.86. The summed E-state index contributed by atoms with van der Waals surface area (Å²) in [5, 5.41) is 9.31. The van der Waals surface area contributed by atoms with E-state index in [-0.39, 0.29) is 11.7 Å². The van der Waals surface area contributed by atoms with Gasteiger partial charge >= 0.3 is 0 Å². The second-order valence-electron chi connectivity index (χ2n) is 6.00. The van der Waals surface area contributed by atoms with Crippen molar-refractivity contribution in [3.8, 4) is 0 Å². The second-order valence-corrected chi connectivity index (χ2v) is 6.00. The number of nitrogens with one attached hydrogen (secondary N) is 3. The van der Waals surface area contributed by atoms with Gasteiger partial charge in [0.05, 0.1) is 25.0 Å². The highest BCUT2D eigenvalue weighted by molar-refractivity contribution is 6.02. The van der Waals surface area contributed by atoms with E-state index < -0.39 is 0 Å². The van der Waals surface area contributed by atoms with E-state index in [0.717, 1.165) is 17.8 Å². The van der Waals surface area contributed by atoms with Crippen molar-refractivity contribution >= 4 is 17.6 Å². The normalized spacial score (nSPS) is 11.1. The lowest BCUT2D eigenvalue weighted by Crippen LogP contribution is -2.37. The lowest BCUT2D eigenvalue weighted by Gasteiger charge is -2.11. The zero-order valence-corrected chi connectivity index (χ0v) is 15.7. The van der Waals surface area contributed by atoms with E-state index in [2.05, 4.69) is 25.9 Å². The molecule has 3 N–H and O–H groups in total. The van der Waals surface area contributed by atoms with E-state index >= 15 is 0 Å². The molecule has 0 atom stereocenters. The Balaban J connectivity index is 1.61. The molecule has 0 fully saturated rings. The Hall–Kier alpha value is -3.61. The molecule has 7 nitrogen and oxygen atoms in total. The Bertz CT molecular complexity index is 908. The SMILES string of the molecule is CCNC(=NCc1cccc(NC(=O)c2ccco2)c1)NCc1ccccn1. The highest BCUT2D eigenvalue weighted by Crippen LogP contribution is 2.13. The predicted octanol–water partition coefficient (Wildman–Crippen LogP) is 3.18. The smallest absolute Gasteiger partial charge is 0.291 e. The summed E-state index contributed by atoms with van der Waals surface area (Å²) in [5.74, 6) is 0.700. The Morgan fingerprint density at radius 3 is 2.79 bits per heavy atom. The van der Waals surface area contributed by atoms with Gasteiger partial charge in [0, 0.05) is 18.4 Å². The molecule has 2 aromatic heterocycles. The van der Waals surface area contributed by atoms with E-state index in [1.54, 1.807) is 18.3 Å². The monoisotopic (exact) mass is 377 g/mol. The van der Waals surface area contributed by atoms with Crippen LogP contribution in [0.3, 0.4) is 0 Å². The largest absolute Gasteiger partial charge is 0.459 e. The van der Waals surface area contributed by atoms with Crippen LogP contribution in [-0.2, 0) is 13.1 Å². The molecule has 144 valence electrons. The number of hydrogen-bond acceptors (Lipinski definition) is 4. The maximum atomic E-state index is 12.1. The molecule has 3 rings (SSSR count). The van der Waals surface area contributed by atoms with Crippen molar-refractivity contribution in [1.82, 2.24) is 15.6 Å². The minimum Gasteiger partial charge on any atom is -0.459 e. The second kappa shape index (κ2) is 9.91. The molecular formula is C21H23N5O2. The summed E-state index contributed by atoms with van der Waals surface area (Å²) in [6.07, 6.45) is 3.24. The molecule has 0 bridgehead atoms. The third-order valence-corrected chi connectivity index (χ3v) is 3.86. The van der Waals surface area contributed by atoms with Crippen molar-refractivity contribution in [3.63, 3.8) is 0 Å². The fraction of sp³-hybridized carbons (Fsp3) is 0.190. The maximum Gasteiger partial charge on any atom is 0.291 e. The minimum atomic E-state index is -0.281. The van der Waals surface area contributed by atoms with Crippen molar-refractivity contribution in [2.24, 2.45) is 4.99 Å². The predicted molar refractivity (Wildman–Crippen MR) is 109 cm³/mol. The molecule has 0 aliphatic carbocycles. The van der Waals surface area contributed by atoms with Crippen LogP contribution in [0.5, 0.6) is 0 Å². The van der Waals surface area contributed by atoms with Crippen molar-refractivity contribution in [1.29, 1.82) is 0 Å². The number of anilines is 1. The summed E-state index contributed by atoms with van der Waals surface area (Å²) in [6.45, 7) is 3.84. The van der Waals surface area contributed by atoms with Gasteiger partial charge in [-0.25, -0.2) is 4.99 Å². The molecule has 0 saturated heterocycles. The summed E-state index contributed by atoms with van der Waals surface area (Å²) in [6, 6.07) is 16.7. The molecule has 2 heterocycles. The number of pyridine rings is 1. The van der Waals surface area contributed by atoms with Crippen LogP contribution >= 0.6 is 0 Å². The third kappa shape index (κ3) is 5.70. The summed E-state index contributed by atoms with van der Waals surface area (Å²) in [7, 11) is 0. The Labute approximate surface area is 163 Å². The number of hydrogen-bond donors (Lipinski definition) is 3. The van der Waals surface area contributed by atoms with Gasteiger partial charge in [0.1, 0.15) is 0 Å². The average Bonchev–Trinajstić information content (AvgIpc) is 3.26. The van der Waals surface area contributed by atoms with E-state index in [9.17, 15) is 4.79 Å². The van der Waals surface area contributed by atoms with Crippen LogP contribution in [0.25, 0.3) is 0 Å². The van der Waals surface area contributed by atoms with Gasteiger partial charge in [-0.15, -0.1) is 0 Å². The number of aliphatic imine (C=N–C) groups is 1. The highest BCUT2D eigenvalue weighted by Gasteiger charge is 2.08. The minimum absolute atomic E-state index is 0.275. The van der Waals surface area contributed by atoms with Gasteiger partial charge in [0.25, 0.3) is 5.91 Å². The van der Waals surface area contributed by atoms with E-state index in [4.69, 9.17) is 4.42 Å². The van der Waals surface area contributed by atoms with Crippen LogP contribution in [0.2, 0.25) is 0 Å². The van der Waals surface area contributed by atoms with Crippen molar-refractivity contribution in [2.75, 3.05) is 11.9 Å². The first-order chi connectivity index (χ1) is 13.7. The lowest BCUT2D eigenvalue weighted by atomic mass is 10.2. The van der Waals surface area contributed by atoms with Gasteiger partial charge in [-0.3, -0.25) is 9.78 Å². The number of carbonyl (C=O) groups is 1. The Morgan fingerprint density at radius 2 is 2.04 bits per heavy atom. The number of guanidine groups is 1. The quantitative estimate of drug-likeness (QED) is 0.434. The summed E-state index contributed by atoms with van der Waals surface area (Å²) < 4.78 is 5.11. The van der Waals surface area contributed by atoms with Gasteiger partial charge in [0.15, 0.2) is 11.7 Å². The average molecular weight is 377 g/mol. The first-order valence-corrected chi connectivity index (χ1v) is 9.10. The topological polar surface area (TPSA) is 91.5 Å². The first-order valence-electron chi connectivity index (χ1n) is 9.10. The first kappa shape index (κ1) is 19.2. The molecule has 1 aromatic carbocycles. The standard InChI is InChI=1S/C21H23N5O2/c1-2-22-21(25-15-18-8-3-4-11-23-18)24-14-16-7-5-9-17(13-16)26-20(27)19-10-6-12-28-19/h3-13H,2,14-15H2,1H3,(H,26,27)(H2,22,24,25). The molecular weight excluding hydrogens is 354 g/mol. The molecule has 0 saturated carbocycles. The van der Waals surface area contributed by atoms with Gasteiger partial charge < -0.3 is 20.4 Å². The van der Waals surface area contributed by atoms with Crippen LogP contribution in [0.15, 0.2) is 76.5 Å². The van der Waals surface area contributed by atoms with Crippen LogP contribution < -0.4 is 16.0 Å². The molecule has 28 heavy (non-hydrogen) atoms. The number of amides is 1. The van der Waals surface area contributed by atoms with Crippen molar-refractivity contribution in [2.45, 2.75) is 20.0 Å². The maximum absolute atomic E-state index is 12.1. The van der Waals surface area contributed by atoms with Crippen molar-refractivity contribution < 1.29 is 9.21 Å². The van der Waals surface area contributed by atoms with Gasteiger partial charge in [-0.2, -0.15) is 0 Å². The molecule has 0 spiro atoms. The lowest BCUT2D eigenvalue weighted by molar-refractivity contribution is 0.0996. The number of rotatable bonds is 7. The van der Waals surface area contributed by atoms with Crippen molar-refractivity contribution in [3.05, 3.63) is 84.1 Å². The number of nitrogens with zero attached hydrogens (tertiary/aromatic N) is 2. The highest BCUT2D eigenvalue weighted by atomic mass is 16.3. The molecule has 3 aromatic rings. The number of furan rings is 1. The molecule has 0 aliphatic heterocycles.